The van der Waals surface area contributed by atoms with E-state index in [1.165, 1.54) is 0 Å². The summed E-state index contributed by atoms with van der Waals surface area (Å²) < 4.78 is 22.8. The van der Waals surface area contributed by atoms with E-state index in [1.807, 2.05) is 27.7 Å². The van der Waals surface area contributed by atoms with Gasteiger partial charge in [0.05, 0.1) is 5.92 Å². The van der Waals surface area contributed by atoms with E-state index in [-0.39, 0.29) is 17.9 Å². The summed E-state index contributed by atoms with van der Waals surface area (Å²) in [6.45, 7) is 12.1. The maximum Gasteiger partial charge on any atom is 0.311 e. The number of unbranched alkanes of at least 4 members (excludes halogenated alkanes) is 2. The Morgan fingerprint density at radius 3 is 2.07 bits per heavy atom. The van der Waals surface area contributed by atoms with Gasteiger partial charge in [-0.25, -0.2) is 0 Å². The van der Waals surface area contributed by atoms with Crippen LogP contribution in [0.15, 0.2) is 0 Å². The van der Waals surface area contributed by atoms with E-state index in [0.29, 0.717) is 32.5 Å². The van der Waals surface area contributed by atoms with E-state index < -0.39 is 12.1 Å². The Balaban J connectivity index is 5.41. The molecule has 0 amide bonds. The Labute approximate surface area is 165 Å². The van der Waals surface area contributed by atoms with Crippen molar-refractivity contribution in [2.75, 3.05) is 13.2 Å². The topological polar surface area (TPSA) is 71.1 Å². The zero-order valence-corrected chi connectivity index (χ0v) is 18.2. The van der Waals surface area contributed by atoms with Gasteiger partial charge in [0.2, 0.25) is 0 Å². The predicted molar refractivity (Wildman–Crippen MR) is 105 cm³/mol. The lowest BCUT2D eigenvalue weighted by molar-refractivity contribution is -0.332. The van der Waals surface area contributed by atoms with Crippen LogP contribution in [0, 0.1) is 5.92 Å². The molecule has 0 radical (unpaired) electrons. The minimum Gasteiger partial charge on any atom is -0.428 e. The third kappa shape index (κ3) is 9.06. The van der Waals surface area contributed by atoms with Crippen molar-refractivity contribution < 1.29 is 28.5 Å². The molecule has 0 N–H and O–H groups in total. The molecule has 0 aliphatic rings. The van der Waals surface area contributed by atoms with Crippen molar-refractivity contribution in [3.8, 4) is 0 Å². The quantitative estimate of drug-likeness (QED) is 0.274. The summed E-state index contributed by atoms with van der Waals surface area (Å²) in [6, 6.07) is 0. The summed E-state index contributed by atoms with van der Waals surface area (Å²) in [5, 5.41) is 0. The Morgan fingerprint density at radius 2 is 1.59 bits per heavy atom. The molecule has 0 rings (SSSR count). The Morgan fingerprint density at radius 1 is 0.926 bits per heavy atom. The smallest absolute Gasteiger partial charge is 0.311 e. The first-order valence-corrected chi connectivity index (χ1v) is 10.6. The molecule has 6 heteroatoms. The molecular weight excluding hydrogens is 348 g/mol. The van der Waals surface area contributed by atoms with Crippen molar-refractivity contribution in [3.63, 3.8) is 0 Å². The van der Waals surface area contributed by atoms with E-state index in [4.69, 9.17) is 18.9 Å². The Kier molecular flexibility index (Phi) is 14.2. The first-order valence-electron chi connectivity index (χ1n) is 10.6. The van der Waals surface area contributed by atoms with Crippen molar-refractivity contribution >= 4 is 11.9 Å². The summed E-state index contributed by atoms with van der Waals surface area (Å²) in [6.07, 6.45) is 4.61. The van der Waals surface area contributed by atoms with Gasteiger partial charge in [0.25, 0.3) is 12.1 Å². The van der Waals surface area contributed by atoms with E-state index in [9.17, 15) is 9.59 Å². The summed E-state index contributed by atoms with van der Waals surface area (Å²) in [4.78, 5) is 25.0. The first kappa shape index (κ1) is 25.9. The number of hydrogen-bond acceptors (Lipinski definition) is 6. The van der Waals surface area contributed by atoms with Gasteiger partial charge in [-0.3, -0.25) is 9.59 Å². The number of carbonyl (C=O) groups excluding carboxylic acids is 2. The normalized spacial score (nSPS) is 15.6. The van der Waals surface area contributed by atoms with Crippen LogP contribution in [0.25, 0.3) is 0 Å². The second kappa shape index (κ2) is 14.9. The van der Waals surface area contributed by atoms with Crippen LogP contribution in [0.4, 0.5) is 0 Å². The lowest BCUT2D eigenvalue weighted by atomic mass is 9.99. The number of carbonyl (C=O) groups is 2. The Hall–Kier alpha value is -1.14. The molecule has 27 heavy (non-hydrogen) atoms. The van der Waals surface area contributed by atoms with Gasteiger partial charge >= 0.3 is 11.9 Å². The number of hydrogen-bond donors (Lipinski definition) is 0. The van der Waals surface area contributed by atoms with Crippen LogP contribution in [0.3, 0.4) is 0 Å². The molecule has 0 aromatic carbocycles. The fourth-order valence-corrected chi connectivity index (χ4v) is 2.84. The fourth-order valence-electron chi connectivity index (χ4n) is 2.84. The highest BCUT2D eigenvalue weighted by atomic mass is 16.8. The molecule has 0 saturated heterocycles. The molecule has 3 unspecified atom stereocenters. The monoisotopic (exact) mass is 388 g/mol. The van der Waals surface area contributed by atoms with Crippen LogP contribution in [0.5, 0.6) is 0 Å². The molecule has 160 valence electrons. The van der Waals surface area contributed by atoms with Crippen LogP contribution in [-0.2, 0) is 28.5 Å². The summed E-state index contributed by atoms with van der Waals surface area (Å²) in [7, 11) is 0. The van der Waals surface area contributed by atoms with Crippen LogP contribution in [0.2, 0.25) is 0 Å². The van der Waals surface area contributed by atoms with E-state index >= 15 is 0 Å². The summed E-state index contributed by atoms with van der Waals surface area (Å²) in [5.41, 5.74) is 0. The highest BCUT2D eigenvalue weighted by molar-refractivity contribution is 5.72. The zero-order valence-electron chi connectivity index (χ0n) is 18.2. The molecule has 0 aliphatic carbocycles. The molecule has 0 aromatic heterocycles. The molecule has 0 spiro atoms. The van der Waals surface area contributed by atoms with E-state index in [1.54, 1.807) is 6.92 Å². The first-order chi connectivity index (χ1) is 12.9. The van der Waals surface area contributed by atoms with Crippen molar-refractivity contribution in [2.24, 2.45) is 5.92 Å². The average molecular weight is 389 g/mol. The van der Waals surface area contributed by atoms with Gasteiger partial charge in [0.1, 0.15) is 0 Å². The fraction of sp³-hybridized carbons (Fsp3) is 0.905. The molecule has 6 nitrogen and oxygen atoms in total. The van der Waals surface area contributed by atoms with Gasteiger partial charge in [-0.1, -0.05) is 47.0 Å². The largest absolute Gasteiger partial charge is 0.428 e. The highest BCUT2D eigenvalue weighted by Gasteiger charge is 2.46. The van der Waals surface area contributed by atoms with Crippen molar-refractivity contribution in [2.45, 2.75) is 105 Å². The number of rotatable bonds is 16. The van der Waals surface area contributed by atoms with Gasteiger partial charge in [0.15, 0.2) is 0 Å². The molecule has 0 bridgehead atoms. The molecule has 0 saturated carbocycles. The van der Waals surface area contributed by atoms with Gasteiger partial charge in [-0.05, 0) is 33.1 Å². The molecule has 3 atom stereocenters. The number of ether oxygens (including phenoxy) is 4. The second-order valence-corrected chi connectivity index (χ2v) is 6.65. The van der Waals surface area contributed by atoms with Crippen LogP contribution in [0.1, 0.15) is 92.9 Å². The maximum absolute atomic E-state index is 12.7. The van der Waals surface area contributed by atoms with Gasteiger partial charge in [0, 0.05) is 26.1 Å². The summed E-state index contributed by atoms with van der Waals surface area (Å²) in [5.74, 6) is -2.31. The van der Waals surface area contributed by atoms with E-state index in [0.717, 1.165) is 32.1 Å². The molecule has 0 heterocycles. The van der Waals surface area contributed by atoms with Crippen LogP contribution < -0.4 is 0 Å². The summed E-state index contributed by atoms with van der Waals surface area (Å²) >= 11 is 0. The van der Waals surface area contributed by atoms with Crippen LogP contribution in [-0.4, -0.2) is 37.2 Å². The molecule has 0 aromatic rings. The Bertz CT molecular complexity index is 411. The lowest BCUT2D eigenvalue weighted by Crippen LogP contribution is -2.52. The molecular formula is C21H40O6. The minimum absolute atomic E-state index is 0.195. The average Bonchev–Trinajstić information content (AvgIpc) is 2.66. The SMILES string of the molecule is CCCCC(=O)OC(CC)(OCC)C(OCC)OC(=O)C(CC)CCCC. The lowest BCUT2D eigenvalue weighted by Gasteiger charge is -2.38. The standard InChI is InChI=1S/C21H40O6/c1-7-13-15-17(9-3)19(23)26-20(24-11-5)21(10-4,25-12-6)27-18(22)16-14-8-2/h17,20H,7-16H2,1-6H3. The zero-order chi connectivity index (χ0) is 20.7. The van der Waals surface area contributed by atoms with Gasteiger partial charge < -0.3 is 18.9 Å². The molecule has 0 fully saturated rings. The second-order valence-electron chi connectivity index (χ2n) is 6.65. The van der Waals surface area contributed by atoms with Crippen molar-refractivity contribution in [1.29, 1.82) is 0 Å². The van der Waals surface area contributed by atoms with Crippen molar-refractivity contribution in [3.05, 3.63) is 0 Å². The minimum atomic E-state index is -1.42. The van der Waals surface area contributed by atoms with Crippen molar-refractivity contribution in [1.82, 2.24) is 0 Å². The third-order valence-electron chi connectivity index (χ3n) is 4.54. The van der Waals surface area contributed by atoms with Gasteiger partial charge in [-0.15, -0.1) is 0 Å². The third-order valence-corrected chi connectivity index (χ3v) is 4.54. The predicted octanol–water partition coefficient (Wildman–Crippen LogP) is 4.98. The molecule has 0 aliphatic heterocycles. The maximum atomic E-state index is 12.7. The van der Waals surface area contributed by atoms with E-state index in [2.05, 4.69) is 6.92 Å². The number of esters is 2. The van der Waals surface area contributed by atoms with Crippen LogP contribution >= 0.6 is 0 Å². The highest BCUT2D eigenvalue weighted by Crippen LogP contribution is 2.29. The van der Waals surface area contributed by atoms with Gasteiger partial charge in [-0.2, -0.15) is 0 Å².